The molecular weight excluding hydrogens is 212 g/mol. The summed E-state index contributed by atoms with van der Waals surface area (Å²) >= 11 is 0. The third-order valence-electron chi connectivity index (χ3n) is 3.71. The topological polar surface area (TPSA) is 28.4 Å². The van der Waals surface area contributed by atoms with E-state index in [1.54, 1.807) is 6.26 Å². The highest BCUT2D eigenvalue weighted by Crippen LogP contribution is 2.12. The molecule has 3 heteroatoms. The Bertz CT molecular complexity index is 329. The van der Waals surface area contributed by atoms with E-state index in [4.69, 9.17) is 4.42 Å². The fraction of sp³-hybridized carbons (Fsp3) is 0.714. The van der Waals surface area contributed by atoms with E-state index in [-0.39, 0.29) is 0 Å². The molecule has 0 amide bonds. The Labute approximate surface area is 104 Å². The molecule has 1 aromatic heterocycles. The van der Waals surface area contributed by atoms with Gasteiger partial charge in [0.05, 0.1) is 12.8 Å². The van der Waals surface area contributed by atoms with Crippen molar-refractivity contribution in [1.29, 1.82) is 0 Å². The largest absolute Gasteiger partial charge is 0.468 e. The number of hydrogen-bond acceptors (Lipinski definition) is 3. The van der Waals surface area contributed by atoms with Gasteiger partial charge in [0.2, 0.25) is 0 Å². The van der Waals surface area contributed by atoms with Gasteiger partial charge in [-0.3, -0.25) is 4.90 Å². The van der Waals surface area contributed by atoms with E-state index < -0.39 is 0 Å². The van der Waals surface area contributed by atoms with Crippen molar-refractivity contribution in [2.75, 3.05) is 19.6 Å². The molecule has 17 heavy (non-hydrogen) atoms. The van der Waals surface area contributed by atoms with Gasteiger partial charge in [0.15, 0.2) is 0 Å². The van der Waals surface area contributed by atoms with Gasteiger partial charge in [0.1, 0.15) is 5.76 Å². The van der Waals surface area contributed by atoms with Gasteiger partial charge in [-0.05, 0) is 51.4 Å². The van der Waals surface area contributed by atoms with Crippen LogP contribution in [-0.4, -0.2) is 30.6 Å². The van der Waals surface area contributed by atoms with E-state index in [9.17, 15) is 0 Å². The average Bonchev–Trinajstić information content (AvgIpc) is 2.76. The highest BCUT2D eigenvalue weighted by molar-refractivity contribution is 5.14. The number of likely N-dealkylation sites (tertiary alicyclic amines) is 1. The molecule has 2 heterocycles. The molecule has 0 saturated carbocycles. The van der Waals surface area contributed by atoms with Crippen LogP contribution in [0, 0.1) is 6.92 Å². The maximum atomic E-state index is 5.42. The number of rotatable bonds is 5. The summed E-state index contributed by atoms with van der Waals surface area (Å²) in [6.07, 6.45) is 5.89. The molecule has 2 rings (SSSR count). The summed E-state index contributed by atoms with van der Waals surface area (Å²) < 4.78 is 5.42. The molecule has 0 aromatic carbocycles. The maximum Gasteiger partial charge on any atom is 0.120 e. The lowest BCUT2D eigenvalue weighted by Crippen LogP contribution is -2.42. The van der Waals surface area contributed by atoms with Crippen molar-refractivity contribution in [2.45, 2.75) is 45.7 Å². The fourth-order valence-electron chi connectivity index (χ4n) is 2.47. The lowest BCUT2D eigenvalue weighted by molar-refractivity contribution is 0.170. The summed E-state index contributed by atoms with van der Waals surface area (Å²) in [7, 11) is 0. The lowest BCUT2D eigenvalue weighted by Gasteiger charge is -2.32. The van der Waals surface area contributed by atoms with Crippen molar-refractivity contribution in [3.63, 3.8) is 0 Å². The number of nitrogens with zero attached hydrogens (tertiary/aromatic N) is 1. The molecule has 3 nitrogen and oxygen atoms in total. The van der Waals surface area contributed by atoms with Crippen molar-refractivity contribution >= 4 is 0 Å². The van der Waals surface area contributed by atoms with Crippen LogP contribution in [0.25, 0.3) is 0 Å². The number of nitrogens with one attached hydrogen (secondary N) is 1. The second kappa shape index (κ2) is 6.22. The van der Waals surface area contributed by atoms with Crippen molar-refractivity contribution in [3.8, 4) is 0 Å². The standard InChI is InChI=1S/C14H24N2O/c1-12-6-9-17-14(12)11-15-10-13(2)16-7-4-3-5-8-16/h6,9,13,15H,3-5,7-8,10-11H2,1-2H3. The van der Waals surface area contributed by atoms with E-state index >= 15 is 0 Å². The molecule has 1 aromatic rings. The second-order valence-electron chi connectivity index (χ2n) is 5.10. The molecule has 1 atom stereocenters. The zero-order valence-electron chi connectivity index (χ0n) is 11.0. The van der Waals surface area contributed by atoms with Crippen molar-refractivity contribution < 1.29 is 4.42 Å². The Morgan fingerprint density at radius 2 is 2.12 bits per heavy atom. The van der Waals surface area contributed by atoms with Crippen LogP contribution < -0.4 is 5.32 Å². The van der Waals surface area contributed by atoms with E-state index in [0.717, 1.165) is 18.8 Å². The Morgan fingerprint density at radius 1 is 1.35 bits per heavy atom. The number of piperidine rings is 1. The van der Waals surface area contributed by atoms with E-state index in [1.807, 2.05) is 6.07 Å². The monoisotopic (exact) mass is 236 g/mol. The highest BCUT2D eigenvalue weighted by Gasteiger charge is 2.16. The lowest BCUT2D eigenvalue weighted by atomic mass is 10.1. The number of aryl methyl sites for hydroxylation is 1. The molecular formula is C14H24N2O. The van der Waals surface area contributed by atoms with Crippen LogP contribution in [0.1, 0.15) is 37.5 Å². The summed E-state index contributed by atoms with van der Waals surface area (Å²) in [5, 5.41) is 3.49. The second-order valence-corrected chi connectivity index (χ2v) is 5.10. The van der Waals surface area contributed by atoms with Crippen LogP contribution in [0.15, 0.2) is 16.7 Å². The van der Waals surface area contributed by atoms with Crippen molar-refractivity contribution in [2.24, 2.45) is 0 Å². The minimum atomic E-state index is 0.630. The van der Waals surface area contributed by atoms with Gasteiger partial charge >= 0.3 is 0 Å². The molecule has 1 saturated heterocycles. The first-order chi connectivity index (χ1) is 8.27. The summed E-state index contributed by atoms with van der Waals surface area (Å²) in [5.41, 5.74) is 1.24. The van der Waals surface area contributed by atoms with Crippen LogP contribution >= 0.6 is 0 Å². The predicted molar refractivity (Wildman–Crippen MR) is 70.0 cm³/mol. The molecule has 1 fully saturated rings. The molecule has 1 aliphatic heterocycles. The van der Waals surface area contributed by atoms with Gasteiger partial charge in [-0.15, -0.1) is 0 Å². The first kappa shape index (κ1) is 12.7. The molecule has 96 valence electrons. The van der Waals surface area contributed by atoms with Gasteiger partial charge in [0, 0.05) is 12.6 Å². The van der Waals surface area contributed by atoms with Crippen LogP contribution in [0.4, 0.5) is 0 Å². The third kappa shape index (κ3) is 3.58. The van der Waals surface area contributed by atoms with E-state index in [0.29, 0.717) is 6.04 Å². The summed E-state index contributed by atoms with van der Waals surface area (Å²) in [6.45, 7) is 8.82. The van der Waals surface area contributed by atoms with E-state index in [1.165, 1.54) is 37.9 Å². The number of hydrogen-bond donors (Lipinski definition) is 1. The third-order valence-corrected chi connectivity index (χ3v) is 3.71. The fourth-order valence-corrected chi connectivity index (χ4v) is 2.47. The van der Waals surface area contributed by atoms with Gasteiger partial charge in [-0.1, -0.05) is 6.42 Å². The molecule has 0 radical (unpaired) electrons. The van der Waals surface area contributed by atoms with Crippen LogP contribution in [0.2, 0.25) is 0 Å². The molecule has 0 spiro atoms. The zero-order chi connectivity index (χ0) is 12.1. The first-order valence-electron chi connectivity index (χ1n) is 6.75. The van der Waals surface area contributed by atoms with Gasteiger partial charge in [0.25, 0.3) is 0 Å². The molecule has 0 aliphatic carbocycles. The minimum absolute atomic E-state index is 0.630. The van der Waals surface area contributed by atoms with Crippen LogP contribution in [0.3, 0.4) is 0 Å². The quantitative estimate of drug-likeness (QED) is 0.851. The average molecular weight is 236 g/mol. The summed E-state index contributed by atoms with van der Waals surface area (Å²) in [5.74, 6) is 1.07. The molecule has 0 bridgehead atoms. The van der Waals surface area contributed by atoms with Crippen molar-refractivity contribution in [3.05, 3.63) is 23.7 Å². The number of furan rings is 1. The van der Waals surface area contributed by atoms with Crippen molar-refractivity contribution in [1.82, 2.24) is 10.2 Å². The highest BCUT2D eigenvalue weighted by atomic mass is 16.3. The van der Waals surface area contributed by atoms with Gasteiger partial charge in [-0.2, -0.15) is 0 Å². The minimum Gasteiger partial charge on any atom is -0.468 e. The smallest absolute Gasteiger partial charge is 0.120 e. The molecule has 1 N–H and O–H groups in total. The SMILES string of the molecule is Cc1ccoc1CNCC(C)N1CCCCC1. The Morgan fingerprint density at radius 3 is 2.76 bits per heavy atom. The Balaban J connectivity index is 1.69. The normalized spacial score (nSPS) is 19.4. The predicted octanol–water partition coefficient (Wildman–Crippen LogP) is 2.55. The van der Waals surface area contributed by atoms with Gasteiger partial charge < -0.3 is 9.73 Å². The molecule has 1 aliphatic rings. The Hall–Kier alpha value is -0.800. The van der Waals surface area contributed by atoms with E-state index in [2.05, 4.69) is 24.1 Å². The van der Waals surface area contributed by atoms with Crippen LogP contribution in [-0.2, 0) is 6.54 Å². The maximum absolute atomic E-state index is 5.42. The van der Waals surface area contributed by atoms with Gasteiger partial charge in [-0.25, -0.2) is 0 Å². The van der Waals surface area contributed by atoms with Crippen LogP contribution in [0.5, 0.6) is 0 Å². The molecule has 1 unspecified atom stereocenters. The first-order valence-corrected chi connectivity index (χ1v) is 6.75. The summed E-state index contributed by atoms with van der Waals surface area (Å²) in [6, 6.07) is 2.65. The zero-order valence-corrected chi connectivity index (χ0v) is 11.0. The summed E-state index contributed by atoms with van der Waals surface area (Å²) in [4.78, 5) is 2.59. The Kier molecular flexibility index (Phi) is 4.63.